The van der Waals surface area contributed by atoms with Gasteiger partial charge in [-0.05, 0) is 0 Å². The second-order valence-electron chi connectivity index (χ2n) is 1.54. The first-order chi connectivity index (χ1) is 4.04. The van der Waals surface area contributed by atoms with E-state index in [4.69, 9.17) is 15.9 Å². The molecule has 0 aromatic heterocycles. The fourth-order valence-electron chi connectivity index (χ4n) is 0.275. The first-order valence-corrected chi connectivity index (χ1v) is 2.24. The van der Waals surface area contributed by atoms with Gasteiger partial charge in [0.1, 0.15) is 6.04 Å². The van der Waals surface area contributed by atoms with Crippen LogP contribution in [0.1, 0.15) is 7.85 Å². The molecule has 6 heteroatoms. The predicted octanol–water partition coefficient (Wildman–Crippen LogP) is -1.40. The Balaban J connectivity index is -0.000000320. The topological polar surface area (TPSA) is 101 Å². The molecule has 0 saturated carbocycles. The smallest absolute Gasteiger partial charge is 0.481 e. The van der Waals surface area contributed by atoms with E-state index in [0.29, 0.717) is 0 Å². The zero-order valence-electron chi connectivity index (χ0n) is 6.28. The molecule has 1 unspecified atom stereocenters. The van der Waals surface area contributed by atoms with Crippen LogP contribution < -0.4 is 5.73 Å². The van der Waals surface area contributed by atoms with E-state index in [0.717, 1.165) is 0 Å². The molecule has 0 radical (unpaired) electrons. The molecule has 0 heterocycles. The number of rotatable bonds is 3. The third kappa shape index (κ3) is 6.28. The Kier molecular flexibility index (Phi) is 7.56. The molecule has 0 bridgehead atoms. The van der Waals surface area contributed by atoms with E-state index in [2.05, 4.69) is 0 Å². The van der Waals surface area contributed by atoms with Gasteiger partial charge >= 0.3 is 51.1 Å². The summed E-state index contributed by atoms with van der Waals surface area (Å²) >= 11 is 0. The van der Waals surface area contributed by atoms with Crippen LogP contribution in [-0.4, -0.2) is 65.9 Å². The fraction of sp³-hybridized carbons (Fsp3) is 0.500. The van der Waals surface area contributed by atoms with Gasteiger partial charge in [-0.25, -0.2) is 0 Å². The maximum atomic E-state index is 9.85. The predicted molar refractivity (Wildman–Crippen MR) is 34.7 cm³/mol. The first kappa shape index (κ1) is 12.8. The number of nitrogens with two attached hydrogens (primary N) is 1. The van der Waals surface area contributed by atoms with Crippen molar-refractivity contribution < 1.29 is 21.2 Å². The Hall–Kier alpha value is 0.160. The number of carbonyl (C=O) groups is 2. The summed E-state index contributed by atoms with van der Waals surface area (Å²) < 4.78 is 0. The minimum absolute atomic E-state index is 0. The summed E-state index contributed by atoms with van der Waals surface area (Å²) in [5, 5.41) is 16.0. The molecule has 0 aromatic rings. The second-order valence-corrected chi connectivity index (χ2v) is 1.54. The van der Waals surface area contributed by atoms with Crippen molar-refractivity contribution in [3.05, 3.63) is 0 Å². The minimum Gasteiger partial charge on any atom is -0.481 e. The molecule has 4 N–H and O–H groups in total. The molecule has 1 atom stereocenters. The Labute approximate surface area is 88.7 Å². The Morgan fingerprint density at radius 1 is 1.50 bits per heavy atom. The van der Waals surface area contributed by atoms with E-state index >= 15 is 0 Å². The van der Waals surface area contributed by atoms with Crippen molar-refractivity contribution in [2.75, 3.05) is 0 Å². The molecule has 0 fully saturated rings. The zero-order valence-corrected chi connectivity index (χ0v) is 7.49. The number of carboxylic acid groups (broad SMARTS) is 2. The summed E-state index contributed by atoms with van der Waals surface area (Å²) in [4.78, 5) is 19.6. The minimum atomic E-state index is -1.29. The van der Waals surface area contributed by atoms with Gasteiger partial charge in [-0.15, -0.1) is 0 Å². The summed E-state index contributed by atoms with van der Waals surface area (Å²) in [7, 11) is 0. The molecule has 0 rings (SSSR count). The molecule has 0 aliphatic rings. The van der Waals surface area contributed by atoms with Crippen molar-refractivity contribution in [3.63, 3.8) is 0 Å². The average molecular weight is 174 g/mol. The van der Waals surface area contributed by atoms with Crippen LogP contribution in [0.2, 0.25) is 0 Å². The van der Waals surface area contributed by atoms with Crippen LogP contribution in [0.15, 0.2) is 0 Å². The van der Waals surface area contributed by atoms with Crippen molar-refractivity contribution in [1.82, 2.24) is 0 Å². The first-order valence-electron chi connectivity index (χ1n) is 2.24. The van der Waals surface area contributed by atoms with Gasteiger partial charge in [0.05, 0.1) is 6.42 Å². The van der Waals surface area contributed by atoms with Gasteiger partial charge in [0.2, 0.25) is 0 Å². The van der Waals surface area contributed by atoms with Crippen LogP contribution >= 0.6 is 0 Å². The molecule has 0 amide bonds. The van der Waals surface area contributed by atoms with E-state index in [1.54, 1.807) is 0 Å². The normalized spacial score (nSPS) is 11.3. The van der Waals surface area contributed by atoms with Gasteiger partial charge in [0.25, 0.3) is 0 Å². The zero-order chi connectivity index (χ0) is 7.44. The maximum absolute atomic E-state index is 9.85. The molecule has 0 aliphatic heterocycles. The van der Waals surface area contributed by atoms with Crippen LogP contribution in [-0.2, 0) is 9.59 Å². The summed E-state index contributed by atoms with van der Waals surface area (Å²) in [6.45, 7) is 0. The Bertz CT molecular complexity index is 142. The third-order valence-corrected chi connectivity index (χ3v) is 0.712. The van der Waals surface area contributed by atoms with E-state index in [1.807, 2.05) is 0 Å². The molecular weight excluding hydrogens is 166 g/mol. The van der Waals surface area contributed by atoms with Gasteiger partial charge in [-0.3, -0.25) is 9.59 Å². The van der Waals surface area contributed by atoms with Crippen molar-refractivity contribution in [2.45, 2.75) is 12.5 Å². The molecule has 5 nitrogen and oxygen atoms in total. The maximum Gasteiger partial charge on any atom is 2.00 e. The fourth-order valence-corrected chi connectivity index (χ4v) is 0.275. The van der Waals surface area contributed by atoms with Crippen LogP contribution in [0.25, 0.3) is 0 Å². The van der Waals surface area contributed by atoms with Crippen LogP contribution in [0.5, 0.6) is 0 Å². The second kappa shape index (κ2) is 5.91. The number of carboxylic acids is 2. The number of aliphatic carboxylic acids is 2. The largest absolute Gasteiger partial charge is 2.00 e. The van der Waals surface area contributed by atoms with Crippen molar-refractivity contribution in [3.8, 4) is 0 Å². The molecule has 0 spiro atoms. The van der Waals surface area contributed by atoms with Gasteiger partial charge < -0.3 is 15.9 Å². The van der Waals surface area contributed by atoms with Crippen molar-refractivity contribution in [2.24, 2.45) is 5.73 Å². The van der Waals surface area contributed by atoms with E-state index in [-0.39, 0.29) is 39.2 Å². The molecule has 0 saturated heterocycles. The van der Waals surface area contributed by atoms with Crippen molar-refractivity contribution in [1.29, 1.82) is 0 Å². The quantitative estimate of drug-likeness (QED) is 0.457. The van der Waals surface area contributed by atoms with Gasteiger partial charge in [-0.1, -0.05) is 0 Å². The molecular formula is C4H8CaNO4+3. The summed E-state index contributed by atoms with van der Waals surface area (Å²) in [5.74, 6) is -2.50. The van der Waals surface area contributed by atoms with Gasteiger partial charge in [0.15, 0.2) is 0 Å². The van der Waals surface area contributed by atoms with Crippen LogP contribution in [0, 0.1) is 0 Å². The standard InChI is InChI=1S/C4H7NO4.Ca/c5-2(4(8)9)1-3(6)7;/h2H,1,5H2,(H,6,7)(H,8,9);/q;+2/p+1. The SMILES string of the molecule is NC(CC(=O)O)C(=O)O.[Ca+2].[H+]. The van der Waals surface area contributed by atoms with Gasteiger partial charge in [-0.2, -0.15) is 0 Å². The van der Waals surface area contributed by atoms with Crippen molar-refractivity contribution >= 4 is 49.7 Å². The van der Waals surface area contributed by atoms with Gasteiger partial charge in [0, 0.05) is 0 Å². The molecule has 52 valence electrons. The Morgan fingerprint density at radius 2 is 1.90 bits per heavy atom. The Morgan fingerprint density at radius 3 is 2.00 bits per heavy atom. The summed E-state index contributed by atoms with van der Waals surface area (Å²) in [5.41, 5.74) is 4.84. The molecule has 10 heavy (non-hydrogen) atoms. The van der Waals surface area contributed by atoms with E-state index in [9.17, 15) is 9.59 Å². The van der Waals surface area contributed by atoms with E-state index in [1.165, 1.54) is 0 Å². The van der Waals surface area contributed by atoms with Crippen LogP contribution in [0.4, 0.5) is 0 Å². The summed E-state index contributed by atoms with van der Waals surface area (Å²) in [6.07, 6.45) is -0.532. The van der Waals surface area contributed by atoms with E-state index < -0.39 is 24.4 Å². The number of hydrogen-bond donors (Lipinski definition) is 3. The monoisotopic (exact) mass is 174 g/mol. The third-order valence-electron chi connectivity index (χ3n) is 0.712. The van der Waals surface area contributed by atoms with Crippen LogP contribution in [0.3, 0.4) is 0 Å². The number of hydrogen-bond acceptors (Lipinski definition) is 3. The molecule has 0 aliphatic carbocycles. The summed E-state index contributed by atoms with van der Waals surface area (Å²) in [6, 6.07) is -1.29. The molecule has 0 aromatic carbocycles. The average Bonchev–Trinajstić information content (AvgIpc) is 1.63.